The van der Waals surface area contributed by atoms with Gasteiger partial charge in [0.25, 0.3) is 5.91 Å². The molecule has 23 heavy (non-hydrogen) atoms. The number of amides is 1. The molecule has 0 bridgehead atoms. The maximum atomic E-state index is 12.5. The number of hydrogen-bond acceptors (Lipinski definition) is 2. The number of nitrogens with zero attached hydrogens (tertiary/aromatic N) is 1. The number of carbonyl (C=O) groups is 1. The van der Waals surface area contributed by atoms with Crippen LogP contribution in [0.25, 0.3) is 11.1 Å². The van der Waals surface area contributed by atoms with Crippen LogP contribution in [0, 0.1) is 0 Å². The van der Waals surface area contributed by atoms with Gasteiger partial charge in [-0.25, -0.2) is 0 Å². The number of halogens is 1. The second-order valence-electron chi connectivity index (χ2n) is 5.75. The summed E-state index contributed by atoms with van der Waals surface area (Å²) in [6.45, 7) is 4.15. The van der Waals surface area contributed by atoms with Crippen molar-refractivity contribution in [2.75, 3.05) is 13.2 Å². The van der Waals surface area contributed by atoms with Crippen molar-refractivity contribution in [2.24, 2.45) is 0 Å². The van der Waals surface area contributed by atoms with Gasteiger partial charge in [-0.2, -0.15) is 0 Å². The van der Waals surface area contributed by atoms with Crippen LogP contribution >= 0.6 is 11.6 Å². The lowest BCUT2D eigenvalue weighted by Gasteiger charge is -2.11. The molecule has 4 nitrogen and oxygen atoms in total. The van der Waals surface area contributed by atoms with Crippen LogP contribution in [0.5, 0.6) is 0 Å². The fraction of sp³-hybridized carbons (Fsp3) is 0.389. The highest BCUT2D eigenvalue weighted by Gasteiger charge is 2.18. The van der Waals surface area contributed by atoms with Gasteiger partial charge >= 0.3 is 0 Å². The Labute approximate surface area is 141 Å². The van der Waals surface area contributed by atoms with E-state index >= 15 is 0 Å². The van der Waals surface area contributed by atoms with Crippen LogP contribution in [0.1, 0.15) is 30.3 Å². The molecule has 0 unspecified atom stereocenters. The lowest BCUT2D eigenvalue weighted by molar-refractivity contribution is 0.0850. The van der Waals surface area contributed by atoms with E-state index in [1.807, 2.05) is 48.0 Å². The summed E-state index contributed by atoms with van der Waals surface area (Å²) in [5.41, 5.74) is 2.75. The van der Waals surface area contributed by atoms with E-state index < -0.39 is 0 Å². The third kappa shape index (κ3) is 3.77. The number of nitrogens with one attached hydrogen (secondary N) is 1. The lowest BCUT2D eigenvalue weighted by Crippen LogP contribution is -2.32. The molecular weight excluding hydrogens is 312 g/mol. The quantitative estimate of drug-likeness (QED) is 0.906. The molecule has 1 aromatic carbocycles. The van der Waals surface area contributed by atoms with Gasteiger partial charge in [0.15, 0.2) is 0 Å². The Balaban J connectivity index is 1.75. The molecule has 1 amide bonds. The van der Waals surface area contributed by atoms with Crippen LogP contribution in [-0.4, -0.2) is 29.7 Å². The molecule has 0 aliphatic carbocycles. The van der Waals surface area contributed by atoms with E-state index in [0.29, 0.717) is 17.3 Å². The molecule has 1 aliphatic heterocycles. The fourth-order valence-electron chi connectivity index (χ4n) is 2.87. The van der Waals surface area contributed by atoms with Crippen LogP contribution < -0.4 is 5.32 Å². The van der Waals surface area contributed by atoms with Gasteiger partial charge in [-0.15, -0.1) is 0 Å². The van der Waals surface area contributed by atoms with Gasteiger partial charge in [-0.1, -0.05) is 23.7 Å². The first-order valence-electron chi connectivity index (χ1n) is 8.03. The van der Waals surface area contributed by atoms with Crippen molar-refractivity contribution in [3.05, 3.63) is 47.2 Å². The summed E-state index contributed by atoms with van der Waals surface area (Å²) < 4.78 is 7.51. The summed E-state index contributed by atoms with van der Waals surface area (Å²) in [7, 11) is 0. The van der Waals surface area contributed by atoms with Crippen LogP contribution in [-0.2, 0) is 11.3 Å². The van der Waals surface area contributed by atoms with Crippen molar-refractivity contribution >= 4 is 17.5 Å². The van der Waals surface area contributed by atoms with E-state index in [2.05, 4.69) is 5.32 Å². The van der Waals surface area contributed by atoms with Gasteiger partial charge in [0.05, 0.1) is 6.10 Å². The average Bonchev–Trinajstić information content (AvgIpc) is 3.22. The molecule has 0 radical (unpaired) electrons. The van der Waals surface area contributed by atoms with Crippen LogP contribution in [0.4, 0.5) is 0 Å². The molecule has 122 valence electrons. The van der Waals surface area contributed by atoms with Crippen molar-refractivity contribution in [2.45, 2.75) is 32.4 Å². The molecule has 0 spiro atoms. The third-order valence-electron chi connectivity index (χ3n) is 4.16. The minimum Gasteiger partial charge on any atom is -0.376 e. The van der Waals surface area contributed by atoms with E-state index in [0.717, 1.165) is 37.1 Å². The highest BCUT2D eigenvalue weighted by Crippen LogP contribution is 2.24. The largest absolute Gasteiger partial charge is 0.376 e. The molecule has 1 aromatic heterocycles. The molecule has 1 saturated heterocycles. The predicted molar refractivity (Wildman–Crippen MR) is 91.9 cm³/mol. The molecule has 0 saturated carbocycles. The maximum Gasteiger partial charge on any atom is 0.268 e. The molecule has 2 heterocycles. The summed E-state index contributed by atoms with van der Waals surface area (Å²) in [6.07, 6.45) is 4.25. The second kappa shape index (κ2) is 7.20. The van der Waals surface area contributed by atoms with Crippen molar-refractivity contribution in [3.8, 4) is 11.1 Å². The first kappa shape index (κ1) is 16.1. The first-order valence-corrected chi connectivity index (χ1v) is 8.41. The molecule has 5 heteroatoms. The average molecular weight is 333 g/mol. The number of aryl methyl sites for hydroxylation is 1. The Kier molecular flexibility index (Phi) is 5.03. The zero-order chi connectivity index (χ0) is 16.2. The minimum atomic E-state index is -0.0532. The summed E-state index contributed by atoms with van der Waals surface area (Å²) in [5.74, 6) is -0.0532. The Morgan fingerprint density at radius 1 is 1.35 bits per heavy atom. The minimum absolute atomic E-state index is 0.0532. The lowest BCUT2D eigenvalue weighted by atomic mass is 10.1. The van der Waals surface area contributed by atoms with Crippen molar-refractivity contribution in [3.63, 3.8) is 0 Å². The number of rotatable bonds is 5. The Morgan fingerprint density at radius 3 is 2.78 bits per heavy atom. The Morgan fingerprint density at radius 2 is 2.13 bits per heavy atom. The highest BCUT2D eigenvalue weighted by molar-refractivity contribution is 6.30. The topological polar surface area (TPSA) is 43.3 Å². The monoisotopic (exact) mass is 332 g/mol. The normalized spacial score (nSPS) is 17.4. The number of hydrogen-bond donors (Lipinski definition) is 1. The fourth-order valence-corrected chi connectivity index (χ4v) is 2.99. The van der Waals surface area contributed by atoms with Gasteiger partial charge in [0, 0.05) is 36.5 Å². The second-order valence-corrected chi connectivity index (χ2v) is 6.19. The summed E-state index contributed by atoms with van der Waals surface area (Å²) in [6, 6.07) is 9.57. The van der Waals surface area contributed by atoms with Gasteiger partial charge < -0.3 is 14.6 Å². The molecule has 1 N–H and O–H groups in total. The van der Waals surface area contributed by atoms with Gasteiger partial charge in [-0.05, 0) is 43.5 Å². The van der Waals surface area contributed by atoms with E-state index in [1.54, 1.807) is 0 Å². The SMILES string of the molecule is CCn1cc(-c2ccc(Cl)cc2)cc1C(=O)NC[C@H]1CCCO1. The van der Waals surface area contributed by atoms with Crippen LogP contribution in [0.2, 0.25) is 5.02 Å². The first-order chi connectivity index (χ1) is 11.2. The Bertz CT molecular complexity index is 673. The highest BCUT2D eigenvalue weighted by atomic mass is 35.5. The van der Waals surface area contributed by atoms with Crippen molar-refractivity contribution in [1.82, 2.24) is 9.88 Å². The molecule has 1 fully saturated rings. The zero-order valence-corrected chi connectivity index (χ0v) is 14.0. The molecular formula is C18H21ClN2O2. The molecule has 1 aliphatic rings. The third-order valence-corrected chi connectivity index (χ3v) is 4.41. The van der Waals surface area contributed by atoms with E-state index in [1.165, 1.54) is 0 Å². The predicted octanol–water partition coefficient (Wildman–Crippen LogP) is 3.74. The molecule has 2 aromatic rings. The van der Waals surface area contributed by atoms with Crippen molar-refractivity contribution in [1.29, 1.82) is 0 Å². The smallest absolute Gasteiger partial charge is 0.268 e. The van der Waals surface area contributed by atoms with E-state index in [-0.39, 0.29) is 12.0 Å². The van der Waals surface area contributed by atoms with E-state index in [4.69, 9.17) is 16.3 Å². The van der Waals surface area contributed by atoms with E-state index in [9.17, 15) is 4.79 Å². The van der Waals surface area contributed by atoms with Crippen LogP contribution in [0.15, 0.2) is 36.5 Å². The number of ether oxygens (including phenoxy) is 1. The standard InChI is InChI=1S/C18H21ClN2O2/c1-2-21-12-14(13-5-7-15(19)8-6-13)10-17(21)18(22)20-11-16-4-3-9-23-16/h5-8,10,12,16H,2-4,9,11H2,1H3,(H,20,22)/t16-/m1/s1. The summed E-state index contributed by atoms with van der Waals surface area (Å²) in [5, 5.41) is 3.69. The zero-order valence-electron chi connectivity index (χ0n) is 13.2. The molecule has 1 atom stereocenters. The van der Waals surface area contributed by atoms with Gasteiger partial charge in [0.2, 0.25) is 0 Å². The van der Waals surface area contributed by atoms with Gasteiger partial charge in [0.1, 0.15) is 5.69 Å². The Hall–Kier alpha value is -1.78. The summed E-state index contributed by atoms with van der Waals surface area (Å²) in [4.78, 5) is 12.5. The number of aromatic nitrogens is 1. The van der Waals surface area contributed by atoms with Gasteiger partial charge in [-0.3, -0.25) is 4.79 Å². The molecule has 3 rings (SSSR count). The summed E-state index contributed by atoms with van der Waals surface area (Å²) >= 11 is 5.94. The van der Waals surface area contributed by atoms with Crippen molar-refractivity contribution < 1.29 is 9.53 Å². The number of carbonyl (C=O) groups excluding carboxylic acids is 1. The number of benzene rings is 1. The van der Waals surface area contributed by atoms with Crippen LogP contribution in [0.3, 0.4) is 0 Å². The maximum absolute atomic E-state index is 12.5.